The van der Waals surface area contributed by atoms with Crippen molar-refractivity contribution in [2.45, 2.75) is 19.5 Å². The third-order valence-corrected chi connectivity index (χ3v) is 5.33. The van der Waals surface area contributed by atoms with E-state index in [0.717, 1.165) is 33.6 Å². The molecule has 2 aromatic heterocycles. The third kappa shape index (κ3) is 2.88. The first kappa shape index (κ1) is 18.0. The molecule has 0 aliphatic rings. The molecular weight excluding hydrogens is 374 g/mol. The number of nitrogens with zero attached hydrogens (tertiary/aromatic N) is 5. The Morgan fingerprint density at radius 3 is 2.23 bits per heavy atom. The molecule has 5 rings (SSSR count). The first-order valence-corrected chi connectivity index (χ1v) is 9.85. The normalized spacial score (nSPS) is 11.2. The van der Waals surface area contributed by atoms with Crippen LogP contribution in [-0.4, -0.2) is 18.7 Å². The van der Waals surface area contributed by atoms with E-state index in [1.165, 1.54) is 0 Å². The maximum absolute atomic E-state index is 13.5. The second kappa shape index (κ2) is 7.37. The summed E-state index contributed by atoms with van der Waals surface area (Å²) in [4.78, 5) is 18.2. The summed E-state index contributed by atoms with van der Waals surface area (Å²) in [5, 5.41) is 9.09. The average molecular weight is 393 g/mol. The summed E-state index contributed by atoms with van der Waals surface area (Å²) in [6.45, 7) is 0.873. The van der Waals surface area contributed by atoms with Gasteiger partial charge in [-0.25, -0.2) is 9.78 Å². The minimum Gasteiger partial charge on any atom is -0.325 e. The largest absolute Gasteiger partial charge is 0.334 e. The van der Waals surface area contributed by atoms with E-state index in [1.807, 2.05) is 83.4 Å². The molecule has 0 spiro atoms. The summed E-state index contributed by atoms with van der Waals surface area (Å²) >= 11 is 0. The number of imidazole rings is 2. The molecule has 0 saturated carbocycles. The predicted octanol–water partition coefficient (Wildman–Crippen LogP) is 4.10. The standard InChI is InChI=1S/C24H19N5O/c25-15-8-16-27-20-12-5-4-11-19(20)26-23(27)17-28-21-13-6-7-14-22(21)29(24(28)30)18-9-2-1-3-10-18/h1-7,9-14H,8,16-17H2. The fourth-order valence-corrected chi connectivity index (χ4v) is 3.99. The average Bonchev–Trinajstić information content (AvgIpc) is 3.28. The highest BCUT2D eigenvalue weighted by atomic mass is 16.1. The molecule has 0 atom stereocenters. The maximum atomic E-state index is 13.5. The molecule has 30 heavy (non-hydrogen) atoms. The van der Waals surface area contributed by atoms with Crippen molar-refractivity contribution in [2.75, 3.05) is 0 Å². The zero-order valence-corrected chi connectivity index (χ0v) is 16.3. The molecule has 0 aliphatic heterocycles. The van der Waals surface area contributed by atoms with Crippen LogP contribution in [0.1, 0.15) is 12.2 Å². The van der Waals surface area contributed by atoms with Crippen molar-refractivity contribution >= 4 is 22.1 Å². The lowest BCUT2D eigenvalue weighted by atomic mass is 10.3. The fraction of sp³-hybridized carbons (Fsp3) is 0.125. The lowest BCUT2D eigenvalue weighted by Crippen LogP contribution is -2.25. The van der Waals surface area contributed by atoms with Gasteiger partial charge in [0.2, 0.25) is 0 Å². The highest BCUT2D eigenvalue weighted by Gasteiger charge is 2.17. The van der Waals surface area contributed by atoms with Crippen LogP contribution in [0.15, 0.2) is 83.7 Å². The van der Waals surface area contributed by atoms with Crippen molar-refractivity contribution in [3.8, 4) is 11.8 Å². The van der Waals surface area contributed by atoms with Gasteiger partial charge in [0.05, 0.1) is 46.8 Å². The topological polar surface area (TPSA) is 68.5 Å². The summed E-state index contributed by atoms with van der Waals surface area (Å²) in [6.07, 6.45) is 0.383. The van der Waals surface area contributed by atoms with Gasteiger partial charge in [-0.05, 0) is 36.4 Å². The predicted molar refractivity (Wildman–Crippen MR) is 117 cm³/mol. The zero-order valence-electron chi connectivity index (χ0n) is 16.3. The van der Waals surface area contributed by atoms with Crippen LogP contribution in [0.3, 0.4) is 0 Å². The number of para-hydroxylation sites is 5. The Labute approximate surface area is 172 Å². The van der Waals surface area contributed by atoms with Gasteiger partial charge in [0.25, 0.3) is 0 Å². The zero-order chi connectivity index (χ0) is 20.5. The molecule has 0 bridgehead atoms. The van der Waals surface area contributed by atoms with Gasteiger partial charge in [-0.15, -0.1) is 0 Å². The van der Waals surface area contributed by atoms with Crippen LogP contribution in [-0.2, 0) is 13.1 Å². The fourth-order valence-electron chi connectivity index (χ4n) is 3.99. The molecule has 6 heteroatoms. The Bertz CT molecular complexity index is 1450. The van der Waals surface area contributed by atoms with Crippen LogP contribution in [0.4, 0.5) is 0 Å². The molecule has 0 fully saturated rings. The van der Waals surface area contributed by atoms with E-state index in [9.17, 15) is 4.79 Å². The summed E-state index contributed by atoms with van der Waals surface area (Å²) < 4.78 is 5.53. The Morgan fingerprint density at radius 1 is 0.800 bits per heavy atom. The summed E-state index contributed by atoms with van der Waals surface area (Å²) in [7, 11) is 0. The number of rotatable bonds is 5. The quantitative estimate of drug-likeness (QED) is 0.451. The molecule has 2 heterocycles. The lowest BCUT2D eigenvalue weighted by molar-refractivity contribution is 0.638. The molecule has 0 saturated heterocycles. The summed E-state index contributed by atoms with van der Waals surface area (Å²) in [6, 6.07) is 27.5. The molecular formula is C24H19N5O. The molecule has 3 aromatic carbocycles. The second-order valence-corrected chi connectivity index (χ2v) is 7.10. The van der Waals surface area contributed by atoms with Crippen LogP contribution >= 0.6 is 0 Å². The number of fused-ring (bicyclic) bond motifs is 2. The highest BCUT2D eigenvalue weighted by molar-refractivity contribution is 5.79. The van der Waals surface area contributed by atoms with Gasteiger partial charge in [-0.1, -0.05) is 42.5 Å². The Balaban J connectivity index is 1.70. The molecule has 0 unspecified atom stereocenters. The summed E-state index contributed by atoms with van der Waals surface area (Å²) in [5.74, 6) is 0.768. The van der Waals surface area contributed by atoms with Gasteiger partial charge in [0.15, 0.2) is 0 Å². The molecule has 0 aliphatic carbocycles. The van der Waals surface area contributed by atoms with Crippen LogP contribution < -0.4 is 5.69 Å². The number of nitriles is 1. The molecule has 0 amide bonds. The Morgan fingerprint density at radius 2 is 1.47 bits per heavy atom. The Kier molecular flexibility index (Phi) is 4.41. The SMILES string of the molecule is N#CCCn1c(Cn2c(=O)n(-c3ccccc3)c3ccccc32)nc2ccccc21. The van der Waals surface area contributed by atoms with Gasteiger partial charge < -0.3 is 4.57 Å². The second-order valence-electron chi connectivity index (χ2n) is 7.10. The monoisotopic (exact) mass is 393 g/mol. The smallest absolute Gasteiger partial charge is 0.325 e. The van der Waals surface area contributed by atoms with E-state index in [0.29, 0.717) is 19.5 Å². The van der Waals surface area contributed by atoms with Gasteiger partial charge in [-0.2, -0.15) is 5.26 Å². The molecule has 0 N–H and O–H groups in total. The van der Waals surface area contributed by atoms with E-state index in [2.05, 4.69) is 6.07 Å². The van der Waals surface area contributed by atoms with E-state index in [1.54, 1.807) is 9.13 Å². The molecule has 6 nitrogen and oxygen atoms in total. The minimum atomic E-state index is -0.110. The number of aryl methyl sites for hydroxylation is 1. The minimum absolute atomic E-state index is 0.110. The van der Waals surface area contributed by atoms with Crippen molar-refractivity contribution in [2.24, 2.45) is 0 Å². The van der Waals surface area contributed by atoms with Crippen molar-refractivity contribution in [1.82, 2.24) is 18.7 Å². The first-order valence-electron chi connectivity index (χ1n) is 9.85. The molecule has 0 radical (unpaired) electrons. The number of hydrogen-bond acceptors (Lipinski definition) is 3. The van der Waals surface area contributed by atoms with E-state index < -0.39 is 0 Å². The van der Waals surface area contributed by atoms with Crippen LogP contribution in [0.25, 0.3) is 27.8 Å². The van der Waals surface area contributed by atoms with E-state index in [-0.39, 0.29) is 5.69 Å². The number of aromatic nitrogens is 4. The van der Waals surface area contributed by atoms with Gasteiger partial charge in [0, 0.05) is 6.54 Å². The molecule has 5 aromatic rings. The van der Waals surface area contributed by atoms with Crippen LogP contribution in [0, 0.1) is 11.3 Å². The number of benzene rings is 3. The number of hydrogen-bond donors (Lipinski definition) is 0. The van der Waals surface area contributed by atoms with Gasteiger partial charge in [0.1, 0.15) is 5.82 Å². The van der Waals surface area contributed by atoms with Gasteiger partial charge in [-0.3, -0.25) is 9.13 Å². The highest BCUT2D eigenvalue weighted by Crippen LogP contribution is 2.21. The first-order chi connectivity index (χ1) is 14.8. The van der Waals surface area contributed by atoms with Crippen LogP contribution in [0.5, 0.6) is 0 Å². The lowest BCUT2D eigenvalue weighted by Gasteiger charge is -2.08. The van der Waals surface area contributed by atoms with E-state index >= 15 is 0 Å². The van der Waals surface area contributed by atoms with Crippen molar-refractivity contribution < 1.29 is 0 Å². The van der Waals surface area contributed by atoms with Crippen molar-refractivity contribution in [1.29, 1.82) is 5.26 Å². The van der Waals surface area contributed by atoms with Crippen molar-refractivity contribution in [3.05, 3.63) is 95.2 Å². The third-order valence-electron chi connectivity index (χ3n) is 5.33. The maximum Gasteiger partial charge on any atom is 0.334 e. The van der Waals surface area contributed by atoms with Crippen molar-refractivity contribution in [3.63, 3.8) is 0 Å². The summed E-state index contributed by atoms with van der Waals surface area (Å²) in [5.41, 5.74) is 4.27. The van der Waals surface area contributed by atoms with Gasteiger partial charge >= 0.3 is 5.69 Å². The van der Waals surface area contributed by atoms with E-state index in [4.69, 9.17) is 10.2 Å². The molecule has 146 valence electrons. The van der Waals surface area contributed by atoms with Crippen LogP contribution in [0.2, 0.25) is 0 Å². The Hall–Kier alpha value is -4.11.